The standard InChI is InChI=1S/C22H31ClN4O2S/c1-15-6-4-7-19(16(15)2)24-20(28)14-30-22-26-25-21(27(22)12-5-13-29-3)17-8-10-18(23)11-9-17/h8-11,15-16,19H,4-7,12-14H2,1-3H3,(H,24,28)/t15-,16+,19+/m0/s1. The van der Waals surface area contributed by atoms with E-state index in [0.717, 1.165) is 35.9 Å². The molecule has 1 fully saturated rings. The van der Waals surface area contributed by atoms with Crippen molar-refractivity contribution in [3.8, 4) is 11.4 Å². The monoisotopic (exact) mass is 450 g/mol. The number of nitrogens with zero attached hydrogens (tertiary/aromatic N) is 3. The first-order valence-corrected chi connectivity index (χ1v) is 12.0. The minimum atomic E-state index is 0.0606. The van der Waals surface area contributed by atoms with Gasteiger partial charge < -0.3 is 14.6 Å². The number of nitrogens with one attached hydrogen (secondary N) is 1. The van der Waals surface area contributed by atoms with Crippen LogP contribution in [0.5, 0.6) is 0 Å². The van der Waals surface area contributed by atoms with Gasteiger partial charge in [0.2, 0.25) is 5.91 Å². The van der Waals surface area contributed by atoms with E-state index in [9.17, 15) is 4.79 Å². The fourth-order valence-corrected chi connectivity index (χ4v) is 4.84. The van der Waals surface area contributed by atoms with Crippen LogP contribution in [0, 0.1) is 11.8 Å². The molecule has 1 aromatic heterocycles. The van der Waals surface area contributed by atoms with Gasteiger partial charge in [-0.2, -0.15) is 0 Å². The Bertz CT molecular complexity index is 827. The van der Waals surface area contributed by atoms with Crippen LogP contribution >= 0.6 is 23.4 Å². The number of aromatic nitrogens is 3. The van der Waals surface area contributed by atoms with Gasteiger partial charge in [-0.15, -0.1) is 10.2 Å². The Balaban J connectivity index is 1.67. The summed E-state index contributed by atoms with van der Waals surface area (Å²) in [7, 11) is 1.69. The number of thioether (sulfide) groups is 1. The maximum atomic E-state index is 12.6. The molecule has 0 unspecified atom stereocenters. The molecule has 1 aromatic carbocycles. The number of halogens is 1. The highest BCUT2D eigenvalue weighted by molar-refractivity contribution is 7.99. The van der Waals surface area contributed by atoms with Crippen LogP contribution in [-0.2, 0) is 16.1 Å². The second kappa shape index (κ2) is 11.2. The molecule has 1 aliphatic rings. The third-order valence-corrected chi connectivity index (χ3v) is 7.15. The molecule has 3 atom stereocenters. The van der Waals surface area contributed by atoms with Crippen molar-refractivity contribution in [1.29, 1.82) is 0 Å². The van der Waals surface area contributed by atoms with Gasteiger partial charge in [0.1, 0.15) is 0 Å². The molecule has 0 aliphatic heterocycles. The van der Waals surface area contributed by atoms with E-state index in [1.165, 1.54) is 24.6 Å². The summed E-state index contributed by atoms with van der Waals surface area (Å²) in [5.74, 6) is 2.34. The number of benzene rings is 1. The Morgan fingerprint density at radius 3 is 2.77 bits per heavy atom. The zero-order valence-electron chi connectivity index (χ0n) is 17.9. The molecule has 1 heterocycles. The van der Waals surface area contributed by atoms with Crippen LogP contribution in [0.4, 0.5) is 0 Å². The van der Waals surface area contributed by atoms with Crippen LogP contribution < -0.4 is 5.32 Å². The summed E-state index contributed by atoms with van der Waals surface area (Å²) < 4.78 is 7.26. The van der Waals surface area contributed by atoms with Gasteiger partial charge in [0.05, 0.1) is 5.75 Å². The third-order valence-electron chi connectivity index (χ3n) is 5.94. The number of rotatable bonds is 9. The van der Waals surface area contributed by atoms with Gasteiger partial charge in [0.15, 0.2) is 11.0 Å². The first-order valence-electron chi connectivity index (χ1n) is 10.6. The number of methoxy groups -OCH3 is 1. The van der Waals surface area contributed by atoms with Gasteiger partial charge in [-0.3, -0.25) is 4.79 Å². The van der Waals surface area contributed by atoms with E-state index >= 15 is 0 Å². The van der Waals surface area contributed by atoms with Crippen molar-refractivity contribution in [3.05, 3.63) is 29.3 Å². The topological polar surface area (TPSA) is 69.0 Å². The number of amides is 1. The fraction of sp³-hybridized carbons (Fsp3) is 0.591. The highest BCUT2D eigenvalue weighted by Crippen LogP contribution is 2.30. The minimum absolute atomic E-state index is 0.0606. The predicted octanol–water partition coefficient (Wildman–Crippen LogP) is 4.67. The lowest BCUT2D eigenvalue weighted by Gasteiger charge is -2.34. The Kier molecular flexibility index (Phi) is 8.60. The van der Waals surface area contributed by atoms with Crippen molar-refractivity contribution in [3.63, 3.8) is 0 Å². The molecular formula is C22H31ClN4O2S. The molecule has 0 radical (unpaired) electrons. The van der Waals surface area contributed by atoms with Crippen LogP contribution in [0.15, 0.2) is 29.4 Å². The van der Waals surface area contributed by atoms with Gasteiger partial charge in [-0.05, 0) is 48.9 Å². The van der Waals surface area contributed by atoms with Crippen LogP contribution in [0.1, 0.15) is 39.5 Å². The molecule has 1 saturated carbocycles. The maximum absolute atomic E-state index is 12.6. The summed E-state index contributed by atoms with van der Waals surface area (Å²) in [6, 6.07) is 7.83. The van der Waals surface area contributed by atoms with Crippen LogP contribution in [0.25, 0.3) is 11.4 Å². The number of carbonyl (C=O) groups excluding carboxylic acids is 1. The molecule has 0 spiro atoms. The molecule has 3 rings (SSSR count). The molecule has 6 nitrogen and oxygen atoms in total. The minimum Gasteiger partial charge on any atom is -0.385 e. The summed E-state index contributed by atoms with van der Waals surface area (Å²) in [4.78, 5) is 12.6. The fourth-order valence-electron chi connectivity index (χ4n) is 3.94. The van der Waals surface area contributed by atoms with Gasteiger partial charge >= 0.3 is 0 Å². The van der Waals surface area contributed by atoms with Gasteiger partial charge in [-0.1, -0.05) is 50.1 Å². The number of hydrogen-bond acceptors (Lipinski definition) is 5. The summed E-state index contributed by atoms with van der Waals surface area (Å²) in [5, 5.41) is 13.4. The Morgan fingerprint density at radius 1 is 1.27 bits per heavy atom. The van der Waals surface area contributed by atoms with Crippen molar-refractivity contribution in [2.45, 2.75) is 57.3 Å². The lowest BCUT2D eigenvalue weighted by Crippen LogP contribution is -2.44. The largest absolute Gasteiger partial charge is 0.385 e. The summed E-state index contributed by atoms with van der Waals surface area (Å²) >= 11 is 7.46. The van der Waals surface area contributed by atoms with E-state index in [1.807, 2.05) is 24.3 Å². The second-order valence-corrected chi connectivity index (χ2v) is 9.42. The lowest BCUT2D eigenvalue weighted by molar-refractivity contribution is -0.120. The van der Waals surface area contributed by atoms with Gasteiger partial charge in [-0.25, -0.2) is 0 Å². The zero-order chi connectivity index (χ0) is 21.5. The SMILES string of the molecule is COCCCn1c(SCC(=O)N[C@@H]2CCC[C@H](C)[C@H]2C)nnc1-c1ccc(Cl)cc1. The summed E-state index contributed by atoms with van der Waals surface area (Å²) in [6.07, 6.45) is 4.34. The van der Waals surface area contributed by atoms with Gasteiger partial charge in [0, 0.05) is 36.9 Å². The highest BCUT2D eigenvalue weighted by Gasteiger charge is 2.28. The molecule has 8 heteroatoms. The first kappa shape index (κ1) is 23.1. The van der Waals surface area contributed by atoms with E-state index < -0.39 is 0 Å². The highest BCUT2D eigenvalue weighted by atomic mass is 35.5. The quantitative estimate of drug-likeness (QED) is 0.444. The van der Waals surface area contributed by atoms with E-state index in [-0.39, 0.29) is 11.9 Å². The van der Waals surface area contributed by atoms with E-state index in [1.54, 1.807) is 7.11 Å². The Labute approximate surface area is 188 Å². The van der Waals surface area contributed by atoms with Crippen molar-refractivity contribution < 1.29 is 9.53 Å². The van der Waals surface area contributed by atoms with Crippen LogP contribution in [0.2, 0.25) is 5.02 Å². The second-order valence-electron chi connectivity index (χ2n) is 8.04. The molecule has 1 N–H and O–H groups in total. The van der Waals surface area contributed by atoms with Crippen molar-refractivity contribution in [1.82, 2.24) is 20.1 Å². The maximum Gasteiger partial charge on any atom is 0.230 e. The summed E-state index contributed by atoms with van der Waals surface area (Å²) in [6.45, 7) is 5.89. The average molecular weight is 451 g/mol. The lowest BCUT2D eigenvalue weighted by atomic mass is 9.78. The molecule has 2 aromatic rings. The Hall–Kier alpha value is -1.57. The molecule has 0 saturated heterocycles. The van der Waals surface area contributed by atoms with E-state index in [4.69, 9.17) is 16.3 Å². The van der Waals surface area contributed by atoms with Crippen molar-refractivity contribution in [2.24, 2.45) is 11.8 Å². The molecule has 164 valence electrons. The van der Waals surface area contributed by atoms with Crippen LogP contribution in [-0.4, -0.2) is 46.2 Å². The molecule has 0 bridgehead atoms. The normalized spacial score (nSPS) is 21.5. The Morgan fingerprint density at radius 2 is 2.03 bits per heavy atom. The van der Waals surface area contributed by atoms with Crippen LogP contribution in [0.3, 0.4) is 0 Å². The van der Waals surface area contributed by atoms with Gasteiger partial charge in [0.25, 0.3) is 0 Å². The van der Waals surface area contributed by atoms with Crippen molar-refractivity contribution in [2.75, 3.05) is 19.5 Å². The molecule has 1 amide bonds. The number of hydrogen-bond donors (Lipinski definition) is 1. The summed E-state index contributed by atoms with van der Waals surface area (Å²) in [5.41, 5.74) is 0.950. The molecule has 30 heavy (non-hydrogen) atoms. The number of carbonyl (C=O) groups is 1. The smallest absolute Gasteiger partial charge is 0.230 e. The number of ether oxygens (including phenoxy) is 1. The molecule has 1 aliphatic carbocycles. The first-order chi connectivity index (χ1) is 14.5. The van der Waals surface area contributed by atoms with E-state index in [2.05, 4.69) is 33.9 Å². The average Bonchev–Trinajstić information content (AvgIpc) is 3.13. The van der Waals surface area contributed by atoms with E-state index in [0.29, 0.717) is 29.2 Å². The third kappa shape index (κ3) is 5.99. The van der Waals surface area contributed by atoms with Crippen molar-refractivity contribution >= 4 is 29.3 Å². The molecular weight excluding hydrogens is 420 g/mol. The predicted molar refractivity (Wildman–Crippen MR) is 122 cm³/mol. The zero-order valence-corrected chi connectivity index (χ0v) is 19.5.